The molecule has 2 N–H and O–H groups in total. The molecule has 22 heavy (non-hydrogen) atoms. The lowest BCUT2D eigenvalue weighted by atomic mass is 10.0. The number of carbonyl (C=O) groups excluding carboxylic acids is 2. The van der Waals surface area contributed by atoms with E-state index >= 15 is 0 Å². The molecule has 0 aromatic heterocycles. The number of para-hydroxylation sites is 1. The van der Waals surface area contributed by atoms with Gasteiger partial charge in [0.2, 0.25) is 5.91 Å². The second kappa shape index (κ2) is 5.52. The highest BCUT2D eigenvalue weighted by Crippen LogP contribution is 2.32. The highest BCUT2D eigenvalue weighted by Gasteiger charge is 2.29. The monoisotopic (exact) mass is 295 g/mol. The number of nitrogens with zero attached hydrogens (tertiary/aromatic N) is 1. The molecule has 1 heterocycles. The molecule has 1 atom stereocenters. The van der Waals surface area contributed by atoms with E-state index in [-0.39, 0.29) is 18.0 Å². The third-order valence-corrected chi connectivity index (χ3v) is 3.70. The molecule has 2 aromatic carbocycles. The molecular formula is C17H17N3O2. The van der Waals surface area contributed by atoms with Gasteiger partial charge in [0.25, 0.3) is 5.91 Å². The number of nitrogens with one attached hydrogen (secondary N) is 2. The van der Waals surface area contributed by atoms with Crippen LogP contribution in [-0.2, 0) is 4.79 Å². The Morgan fingerprint density at radius 1 is 1.14 bits per heavy atom. The molecule has 1 aliphatic rings. The summed E-state index contributed by atoms with van der Waals surface area (Å²) >= 11 is 0. The zero-order chi connectivity index (χ0) is 15.7. The van der Waals surface area contributed by atoms with E-state index < -0.39 is 0 Å². The molecule has 0 radical (unpaired) electrons. The van der Waals surface area contributed by atoms with Crippen LogP contribution in [0.2, 0.25) is 0 Å². The third-order valence-electron chi connectivity index (χ3n) is 3.70. The van der Waals surface area contributed by atoms with Gasteiger partial charge in [-0.25, -0.2) is 0 Å². The van der Waals surface area contributed by atoms with Gasteiger partial charge in [-0.1, -0.05) is 24.3 Å². The Kier molecular flexibility index (Phi) is 3.55. The molecule has 0 saturated carbocycles. The first-order valence-electron chi connectivity index (χ1n) is 7.06. The maximum absolute atomic E-state index is 12.4. The minimum absolute atomic E-state index is 0.00899. The Morgan fingerprint density at radius 3 is 2.50 bits per heavy atom. The van der Waals surface area contributed by atoms with Crippen molar-refractivity contribution in [2.45, 2.75) is 13.1 Å². The molecule has 2 amide bonds. The predicted octanol–water partition coefficient (Wildman–Crippen LogP) is 2.84. The van der Waals surface area contributed by atoms with Gasteiger partial charge < -0.3 is 15.5 Å². The topological polar surface area (TPSA) is 61.4 Å². The van der Waals surface area contributed by atoms with E-state index in [4.69, 9.17) is 0 Å². The molecule has 112 valence electrons. The van der Waals surface area contributed by atoms with Crippen molar-refractivity contribution >= 4 is 23.2 Å². The van der Waals surface area contributed by atoms with Gasteiger partial charge in [0, 0.05) is 25.3 Å². The molecule has 0 spiro atoms. The number of amides is 2. The number of benzene rings is 2. The van der Waals surface area contributed by atoms with Gasteiger partial charge in [-0.05, 0) is 29.8 Å². The Labute approximate surface area is 128 Å². The van der Waals surface area contributed by atoms with Gasteiger partial charge in [-0.2, -0.15) is 0 Å². The maximum atomic E-state index is 12.4. The highest BCUT2D eigenvalue weighted by atomic mass is 16.2. The Balaban J connectivity index is 1.89. The number of anilines is 2. The summed E-state index contributed by atoms with van der Waals surface area (Å²) in [5.41, 5.74) is 3.21. The molecule has 3 rings (SSSR count). The summed E-state index contributed by atoms with van der Waals surface area (Å²) in [6, 6.07) is 14.9. The van der Waals surface area contributed by atoms with E-state index in [1.54, 1.807) is 11.9 Å². The van der Waals surface area contributed by atoms with E-state index in [1.807, 2.05) is 48.5 Å². The van der Waals surface area contributed by atoms with Crippen LogP contribution in [0.4, 0.5) is 11.4 Å². The van der Waals surface area contributed by atoms with E-state index in [9.17, 15) is 9.59 Å². The van der Waals surface area contributed by atoms with Crippen LogP contribution in [0.1, 0.15) is 29.0 Å². The molecule has 2 aromatic rings. The summed E-state index contributed by atoms with van der Waals surface area (Å²) in [7, 11) is 1.78. The number of carbonyl (C=O) groups is 2. The van der Waals surface area contributed by atoms with E-state index in [1.165, 1.54) is 6.92 Å². The smallest absolute Gasteiger partial charge is 0.257 e. The van der Waals surface area contributed by atoms with E-state index in [2.05, 4.69) is 10.6 Å². The van der Waals surface area contributed by atoms with E-state index in [0.717, 1.165) is 16.9 Å². The van der Waals surface area contributed by atoms with Crippen LogP contribution in [0.15, 0.2) is 48.5 Å². The summed E-state index contributed by atoms with van der Waals surface area (Å²) in [4.78, 5) is 25.2. The van der Waals surface area contributed by atoms with Gasteiger partial charge in [-0.15, -0.1) is 0 Å². The second-order valence-corrected chi connectivity index (χ2v) is 5.31. The SMILES string of the molecule is CC(=O)Nc1ccc(C2Nc3ccccc3C(=O)N2C)cc1. The summed E-state index contributed by atoms with van der Waals surface area (Å²) in [5.74, 6) is -0.116. The zero-order valence-corrected chi connectivity index (χ0v) is 12.5. The Hall–Kier alpha value is -2.82. The molecular weight excluding hydrogens is 278 g/mol. The van der Waals surface area contributed by atoms with Gasteiger partial charge in [0.15, 0.2) is 0 Å². The summed E-state index contributed by atoms with van der Waals surface area (Å²) in [6.07, 6.45) is -0.228. The number of rotatable bonds is 2. The first-order valence-corrected chi connectivity index (χ1v) is 7.06. The van der Waals surface area contributed by atoms with Crippen molar-refractivity contribution < 1.29 is 9.59 Å². The molecule has 0 fully saturated rings. The molecule has 5 nitrogen and oxygen atoms in total. The van der Waals surface area contributed by atoms with Crippen molar-refractivity contribution in [3.05, 3.63) is 59.7 Å². The second-order valence-electron chi connectivity index (χ2n) is 5.31. The van der Waals surface area contributed by atoms with Crippen LogP contribution in [-0.4, -0.2) is 23.8 Å². The van der Waals surface area contributed by atoms with Gasteiger partial charge in [0.1, 0.15) is 6.17 Å². The lowest BCUT2D eigenvalue weighted by Crippen LogP contribution is -2.40. The average molecular weight is 295 g/mol. The van der Waals surface area contributed by atoms with Crippen LogP contribution in [0.5, 0.6) is 0 Å². The van der Waals surface area contributed by atoms with Crippen LogP contribution >= 0.6 is 0 Å². The lowest BCUT2D eigenvalue weighted by molar-refractivity contribution is -0.114. The van der Waals surface area contributed by atoms with E-state index in [0.29, 0.717) is 5.56 Å². The fourth-order valence-electron chi connectivity index (χ4n) is 2.61. The van der Waals surface area contributed by atoms with Crippen LogP contribution in [0.25, 0.3) is 0 Å². The maximum Gasteiger partial charge on any atom is 0.257 e. The molecule has 1 aliphatic heterocycles. The van der Waals surface area contributed by atoms with Crippen molar-refractivity contribution in [3.8, 4) is 0 Å². The quantitative estimate of drug-likeness (QED) is 0.895. The number of fused-ring (bicyclic) bond motifs is 1. The van der Waals surface area contributed by atoms with Crippen molar-refractivity contribution in [1.29, 1.82) is 0 Å². The number of hydrogen-bond donors (Lipinski definition) is 2. The molecule has 5 heteroatoms. The van der Waals surface area contributed by atoms with Crippen molar-refractivity contribution in [3.63, 3.8) is 0 Å². The van der Waals surface area contributed by atoms with Gasteiger partial charge in [0.05, 0.1) is 5.56 Å². The zero-order valence-electron chi connectivity index (χ0n) is 12.5. The normalized spacial score (nSPS) is 16.7. The first-order chi connectivity index (χ1) is 10.6. The molecule has 0 aliphatic carbocycles. The summed E-state index contributed by atoms with van der Waals surface area (Å²) < 4.78 is 0. The molecule has 0 bridgehead atoms. The molecule has 1 unspecified atom stereocenters. The summed E-state index contributed by atoms with van der Waals surface area (Å²) in [5, 5.41) is 6.10. The van der Waals surface area contributed by atoms with Crippen LogP contribution < -0.4 is 10.6 Å². The van der Waals surface area contributed by atoms with Crippen molar-refractivity contribution in [1.82, 2.24) is 4.90 Å². The fourth-order valence-corrected chi connectivity index (χ4v) is 2.61. The number of hydrogen-bond acceptors (Lipinski definition) is 3. The fraction of sp³-hybridized carbons (Fsp3) is 0.176. The Morgan fingerprint density at radius 2 is 1.82 bits per heavy atom. The van der Waals surface area contributed by atoms with Crippen LogP contribution in [0, 0.1) is 0 Å². The standard InChI is InChI=1S/C17H17N3O2/c1-11(21)18-13-9-7-12(8-10-13)16-19-15-6-4-3-5-14(15)17(22)20(16)2/h3-10,16,19H,1-2H3,(H,18,21). The van der Waals surface area contributed by atoms with Gasteiger partial charge >= 0.3 is 0 Å². The summed E-state index contributed by atoms with van der Waals surface area (Å²) in [6.45, 7) is 1.47. The average Bonchev–Trinajstić information content (AvgIpc) is 2.51. The minimum Gasteiger partial charge on any atom is -0.361 e. The van der Waals surface area contributed by atoms with Crippen LogP contribution in [0.3, 0.4) is 0 Å². The third kappa shape index (κ3) is 2.53. The van der Waals surface area contributed by atoms with Gasteiger partial charge in [-0.3, -0.25) is 9.59 Å². The lowest BCUT2D eigenvalue weighted by Gasteiger charge is -2.35. The van der Waals surface area contributed by atoms with Crippen molar-refractivity contribution in [2.75, 3.05) is 17.7 Å². The van der Waals surface area contributed by atoms with Crippen molar-refractivity contribution in [2.24, 2.45) is 0 Å². The molecule has 0 saturated heterocycles. The largest absolute Gasteiger partial charge is 0.361 e. The minimum atomic E-state index is -0.228. The highest BCUT2D eigenvalue weighted by molar-refractivity contribution is 6.01. The Bertz CT molecular complexity index is 725. The first kappa shape index (κ1) is 14.1. The predicted molar refractivity (Wildman–Crippen MR) is 85.6 cm³/mol.